The lowest BCUT2D eigenvalue weighted by molar-refractivity contribution is -0.862. The van der Waals surface area contributed by atoms with Crippen molar-refractivity contribution in [1.29, 1.82) is 0 Å². The van der Waals surface area contributed by atoms with Gasteiger partial charge in [0.15, 0.2) is 5.78 Å². The average Bonchev–Trinajstić information content (AvgIpc) is 1.82. The van der Waals surface area contributed by atoms with Gasteiger partial charge in [0.2, 0.25) is 0 Å². The number of hydrogen-bond acceptors (Lipinski definition) is 3. The summed E-state index contributed by atoms with van der Waals surface area (Å²) in [5.41, 5.74) is 0. The van der Waals surface area contributed by atoms with E-state index in [1.165, 1.54) is 7.11 Å². The van der Waals surface area contributed by atoms with Crippen molar-refractivity contribution in [3.8, 4) is 0 Å². The third-order valence-corrected chi connectivity index (χ3v) is 1.22. The molecular weight excluding hydrogens is 194 g/mol. The van der Waals surface area contributed by atoms with Crippen molar-refractivity contribution in [3.05, 3.63) is 0 Å². The summed E-state index contributed by atoms with van der Waals surface area (Å²) >= 11 is 0. The highest BCUT2D eigenvalue weighted by Gasteiger charge is 2.17. The molecule has 0 aliphatic rings. The molecule has 0 radical (unpaired) electrons. The van der Waals surface area contributed by atoms with E-state index in [-0.39, 0.29) is 24.6 Å². The molecule has 0 fully saturated rings. The quantitative estimate of drug-likeness (QED) is 0.279. The largest absolute Gasteiger partial charge is 1.00 e. The SMILES string of the molecule is COC(=O)CC(=O)C[N+](C)(C)C.[Cl-]. The van der Waals surface area contributed by atoms with Crippen molar-refractivity contribution in [2.45, 2.75) is 6.42 Å². The number of nitrogens with zero attached hydrogens (tertiary/aromatic N) is 1. The number of halogens is 1. The Balaban J connectivity index is 0. The number of Topliss-reactive ketones (excluding diaryl/α,β-unsaturated/α-hetero) is 1. The number of quaternary nitrogens is 1. The molecule has 5 heteroatoms. The summed E-state index contributed by atoms with van der Waals surface area (Å²) < 4.78 is 4.91. The van der Waals surface area contributed by atoms with Crippen LogP contribution >= 0.6 is 0 Å². The molecule has 0 N–H and O–H groups in total. The van der Waals surface area contributed by atoms with E-state index in [0.717, 1.165) is 0 Å². The average molecular weight is 210 g/mol. The summed E-state index contributed by atoms with van der Waals surface area (Å²) in [4.78, 5) is 21.8. The molecule has 0 aromatic heterocycles. The Bertz CT molecular complexity index is 186. The molecule has 0 unspecified atom stereocenters. The lowest BCUT2D eigenvalue weighted by atomic mass is 10.2. The number of carbonyl (C=O) groups excluding carboxylic acids is 2. The zero-order valence-electron chi connectivity index (χ0n) is 8.46. The van der Waals surface area contributed by atoms with Crippen LogP contribution in [-0.4, -0.2) is 51.0 Å². The molecule has 78 valence electrons. The Kier molecular flexibility index (Phi) is 6.80. The summed E-state index contributed by atoms with van der Waals surface area (Å²) in [5.74, 6) is -0.553. The van der Waals surface area contributed by atoms with Gasteiger partial charge in [0.25, 0.3) is 0 Å². The van der Waals surface area contributed by atoms with E-state index >= 15 is 0 Å². The molecule has 0 atom stereocenters. The van der Waals surface area contributed by atoms with E-state index in [1.807, 2.05) is 21.1 Å². The number of hydrogen-bond donors (Lipinski definition) is 0. The Hall–Kier alpha value is -0.610. The Morgan fingerprint density at radius 3 is 2.00 bits per heavy atom. The van der Waals surface area contributed by atoms with Crippen LogP contribution in [0.15, 0.2) is 0 Å². The van der Waals surface area contributed by atoms with Crippen molar-refractivity contribution in [2.24, 2.45) is 0 Å². The summed E-state index contributed by atoms with van der Waals surface area (Å²) in [6, 6.07) is 0. The fraction of sp³-hybridized carbons (Fsp3) is 0.750. The van der Waals surface area contributed by atoms with Gasteiger partial charge in [-0.3, -0.25) is 9.59 Å². The number of methoxy groups -OCH3 is 1. The van der Waals surface area contributed by atoms with Crippen molar-refractivity contribution in [2.75, 3.05) is 34.8 Å². The molecule has 0 saturated carbocycles. The first kappa shape index (κ1) is 14.9. The molecule has 0 aromatic rings. The normalized spacial score (nSPS) is 10.2. The van der Waals surface area contributed by atoms with E-state index in [4.69, 9.17) is 0 Å². The van der Waals surface area contributed by atoms with E-state index in [1.54, 1.807) is 0 Å². The Morgan fingerprint density at radius 1 is 1.23 bits per heavy atom. The second-order valence-corrected chi connectivity index (χ2v) is 3.74. The minimum atomic E-state index is -0.464. The molecule has 0 aromatic carbocycles. The maximum atomic E-state index is 11.1. The maximum Gasteiger partial charge on any atom is 0.313 e. The zero-order chi connectivity index (χ0) is 9.78. The predicted octanol–water partition coefficient (Wildman–Crippen LogP) is -3.17. The molecular formula is C8H16ClNO3. The number of likely N-dealkylation sites (N-methyl/N-ethyl adjacent to an activating group) is 1. The number of rotatable bonds is 4. The maximum absolute atomic E-state index is 11.1. The molecule has 0 aliphatic carbocycles. The first-order valence-corrected chi connectivity index (χ1v) is 3.74. The highest BCUT2D eigenvalue weighted by atomic mass is 35.5. The summed E-state index contributed by atoms with van der Waals surface area (Å²) in [6.45, 7) is 0.356. The summed E-state index contributed by atoms with van der Waals surface area (Å²) in [7, 11) is 6.97. The van der Waals surface area contributed by atoms with Crippen LogP contribution in [0.3, 0.4) is 0 Å². The molecule has 13 heavy (non-hydrogen) atoms. The smallest absolute Gasteiger partial charge is 0.313 e. The molecule has 0 bridgehead atoms. The van der Waals surface area contributed by atoms with E-state index in [9.17, 15) is 9.59 Å². The van der Waals surface area contributed by atoms with Crippen LogP contribution in [0.5, 0.6) is 0 Å². The zero-order valence-corrected chi connectivity index (χ0v) is 9.22. The molecule has 0 amide bonds. The van der Waals surface area contributed by atoms with Crippen LogP contribution in [0.1, 0.15) is 6.42 Å². The second kappa shape index (κ2) is 5.94. The highest BCUT2D eigenvalue weighted by Crippen LogP contribution is 1.94. The molecule has 0 rings (SSSR count). The van der Waals surface area contributed by atoms with Gasteiger partial charge in [-0.1, -0.05) is 0 Å². The number of esters is 1. The standard InChI is InChI=1S/C8H16NO3.ClH/c1-9(2,3)6-7(10)5-8(11)12-4;/h5-6H2,1-4H3;1H/q+1;/p-1. The van der Waals surface area contributed by atoms with Gasteiger partial charge in [-0.2, -0.15) is 0 Å². The van der Waals surface area contributed by atoms with E-state index in [0.29, 0.717) is 11.0 Å². The first-order valence-electron chi connectivity index (χ1n) is 3.74. The molecule has 0 saturated heterocycles. The van der Waals surface area contributed by atoms with Crippen LogP contribution in [0.4, 0.5) is 0 Å². The van der Waals surface area contributed by atoms with E-state index < -0.39 is 5.97 Å². The number of carbonyl (C=O) groups is 2. The third kappa shape index (κ3) is 9.30. The van der Waals surface area contributed by atoms with Crippen molar-refractivity contribution < 1.29 is 31.2 Å². The van der Waals surface area contributed by atoms with Crippen LogP contribution < -0.4 is 12.4 Å². The van der Waals surface area contributed by atoms with Crippen molar-refractivity contribution >= 4 is 11.8 Å². The van der Waals surface area contributed by atoms with Gasteiger partial charge < -0.3 is 21.6 Å². The summed E-state index contributed by atoms with van der Waals surface area (Å²) in [5, 5.41) is 0. The van der Waals surface area contributed by atoms with Crippen LogP contribution in [-0.2, 0) is 14.3 Å². The fourth-order valence-corrected chi connectivity index (χ4v) is 0.818. The second-order valence-electron chi connectivity index (χ2n) is 3.74. The number of ether oxygens (including phenoxy) is 1. The van der Waals surface area contributed by atoms with Crippen molar-refractivity contribution in [3.63, 3.8) is 0 Å². The minimum Gasteiger partial charge on any atom is -1.00 e. The van der Waals surface area contributed by atoms with Gasteiger partial charge in [0.1, 0.15) is 13.0 Å². The lowest BCUT2D eigenvalue weighted by Crippen LogP contribution is -3.00. The molecule has 0 spiro atoms. The number of ketones is 1. The van der Waals surface area contributed by atoms with Gasteiger partial charge in [-0.15, -0.1) is 0 Å². The Labute approximate surface area is 84.9 Å². The van der Waals surface area contributed by atoms with E-state index in [2.05, 4.69) is 4.74 Å². The monoisotopic (exact) mass is 209 g/mol. The van der Waals surface area contributed by atoms with Crippen LogP contribution in [0.25, 0.3) is 0 Å². The molecule has 0 aliphatic heterocycles. The van der Waals surface area contributed by atoms with Gasteiger partial charge in [0.05, 0.1) is 28.3 Å². The van der Waals surface area contributed by atoms with Crippen LogP contribution in [0, 0.1) is 0 Å². The Morgan fingerprint density at radius 2 is 1.69 bits per heavy atom. The first-order chi connectivity index (χ1) is 5.35. The van der Waals surface area contributed by atoms with Gasteiger partial charge in [-0.05, 0) is 0 Å². The van der Waals surface area contributed by atoms with Gasteiger partial charge in [-0.25, -0.2) is 0 Å². The van der Waals surface area contributed by atoms with Crippen molar-refractivity contribution in [1.82, 2.24) is 0 Å². The topological polar surface area (TPSA) is 43.4 Å². The van der Waals surface area contributed by atoms with Crippen LogP contribution in [0.2, 0.25) is 0 Å². The van der Waals surface area contributed by atoms with Gasteiger partial charge in [0, 0.05) is 0 Å². The molecule has 4 nitrogen and oxygen atoms in total. The fourth-order valence-electron chi connectivity index (χ4n) is 0.818. The molecule has 0 heterocycles. The summed E-state index contributed by atoms with van der Waals surface area (Å²) in [6.07, 6.45) is -0.119. The third-order valence-electron chi connectivity index (χ3n) is 1.22. The highest BCUT2D eigenvalue weighted by molar-refractivity contribution is 5.96. The van der Waals surface area contributed by atoms with Gasteiger partial charge >= 0.3 is 5.97 Å². The lowest BCUT2D eigenvalue weighted by Gasteiger charge is -2.22. The predicted molar refractivity (Wildman–Crippen MR) is 44.5 cm³/mol. The minimum absolute atomic E-state index is 0.